The first-order chi connectivity index (χ1) is 18.8. The Hall–Kier alpha value is -4.47. The van der Waals surface area contributed by atoms with Crippen LogP contribution in [0.3, 0.4) is 0 Å². The number of methoxy groups -OCH3 is 3. The second kappa shape index (κ2) is 10.0. The minimum absolute atomic E-state index is 0.315. The number of hydrogen-bond acceptors (Lipinski definition) is 8. The highest BCUT2D eigenvalue weighted by Crippen LogP contribution is 2.56. The van der Waals surface area contributed by atoms with Crippen LogP contribution in [0, 0.1) is 23.7 Å². The molecule has 10 nitrogen and oxygen atoms in total. The standard InChI is InChI=1S/C29H28N2O8/c1-15-14-19-21(22-20(15)25(32)30(26(22)33)16-10-6-5-7-11-16)17-12-8-9-13-18(17)24(31(19)29(36)39-4)23(27(34)37-2)28(35)38-3/h5-15,20-24H,1-4H3/t15-,20-,21-,22-,24-/m1/s1. The molecule has 0 radical (unpaired) electrons. The van der Waals surface area contributed by atoms with Crippen molar-refractivity contribution in [2.24, 2.45) is 23.7 Å². The summed E-state index contributed by atoms with van der Waals surface area (Å²) in [5, 5.41) is 0. The molecule has 0 saturated carbocycles. The molecular weight excluding hydrogens is 504 g/mol. The van der Waals surface area contributed by atoms with Crippen LogP contribution in [0.1, 0.15) is 30.0 Å². The van der Waals surface area contributed by atoms with Crippen LogP contribution in [-0.2, 0) is 33.4 Å². The monoisotopic (exact) mass is 532 g/mol. The number of carbonyl (C=O) groups is 5. The number of anilines is 1. The van der Waals surface area contributed by atoms with E-state index in [9.17, 15) is 24.0 Å². The summed E-state index contributed by atoms with van der Waals surface area (Å²) in [7, 11) is 3.48. The lowest BCUT2D eigenvalue weighted by molar-refractivity contribution is -0.162. The minimum Gasteiger partial charge on any atom is -0.468 e. The lowest BCUT2D eigenvalue weighted by atomic mass is 9.64. The van der Waals surface area contributed by atoms with Crippen LogP contribution in [0.15, 0.2) is 66.4 Å². The largest absolute Gasteiger partial charge is 0.468 e. The predicted octanol–water partition coefficient (Wildman–Crippen LogP) is 3.19. The summed E-state index contributed by atoms with van der Waals surface area (Å²) in [6.07, 6.45) is 0.933. The molecule has 1 aliphatic carbocycles. The van der Waals surface area contributed by atoms with Gasteiger partial charge in [0.2, 0.25) is 11.8 Å². The van der Waals surface area contributed by atoms with Crippen LogP contribution in [0.2, 0.25) is 0 Å². The number of carbonyl (C=O) groups excluding carboxylic acids is 5. The molecule has 202 valence electrons. The van der Waals surface area contributed by atoms with E-state index in [0.29, 0.717) is 22.5 Å². The van der Waals surface area contributed by atoms with E-state index >= 15 is 0 Å². The van der Waals surface area contributed by atoms with Gasteiger partial charge in [0.25, 0.3) is 0 Å². The number of esters is 2. The second-order valence-corrected chi connectivity index (χ2v) is 9.77. The molecule has 3 aliphatic rings. The predicted molar refractivity (Wildman–Crippen MR) is 137 cm³/mol. The zero-order valence-corrected chi connectivity index (χ0v) is 21.9. The first-order valence-corrected chi connectivity index (χ1v) is 12.5. The van der Waals surface area contributed by atoms with Gasteiger partial charge in [-0.15, -0.1) is 0 Å². The van der Waals surface area contributed by atoms with E-state index < -0.39 is 53.7 Å². The molecule has 10 heteroatoms. The highest BCUT2D eigenvalue weighted by Gasteiger charge is 2.60. The van der Waals surface area contributed by atoms with E-state index in [1.54, 1.807) is 60.7 Å². The van der Waals surface area contributed by atoms with Gasteiger partial charge in [-0.05, 0) is 29.2 Å². The van der Waals surface area contributed by atoms with Gasteiger partial charge < -0.3 is 14.2 Å². The molecule has 39 heavy (non-hydrogen) atoms. The fourth-order valence-electron chi connectivity index (χ4n) is 6.31. The van der Waals surface area contributed by atoms with Crippen LogP contribution >= 0.6 is 0 Å². The number of allylic oxidation sites excluding steroid dienone is 2. The number of nitrogens with zero attached hydrogens (tertiary/aromatic N) is 2. The highest BCUT2D eigenvalue weighted by atomic mass is 16.6. The number of ether oxygens (including phenoxy) is 3. The Morgan fingerprint density at radius 2 is 1.33 bits per heavy atom. The summed E-state index contributed by atoms with van der Waals surface area (Å²) in [6, 6.07) is 14.5. The third-order valence-electron chi connectivity index (χ3n) is 7.89. The molecule has 0 spiro atoms. The zero-order chi connectivity index (χ0) is 28.0. The molecule has 1 fully saturated rings. The number of imide groups is 1. The number of amides is 3. The summed E-state index contributed by atoms with van der Waals surface area (Å²) in [4.78, 5) is 69.5. The van der Waals surface area contributed by atoms with Crippen LogP contribution in [-0.4, -0.2) is 56.1 Å². The first kappa shape index (κ1) is 26.1. The molecule has 5 rings (SSSR count). The fourth-order valence-corrected chi connectivity index (χ4v) is 6.31. The molecule has 2 aliphatic heterocycles. The lowest BCUT2D eigenvalue weighted by Crippen LogP contribution is -2.51. The van der Waals surface area contributed by atoms with Crippen molar-refractivity contribution in [3.63, 3.8) is 0 Å². The Morgan fingerprint density at radius 3 is 1.92 bits per heavy atom. The maximum Gasteiger partial charge on any atom is 0.414 e. The molecule has 2 aromatic rings. The Morgan fingerprint density at radius 1 is 0.769 bits per heavy atom. The second-order valence-electron chi connectivity index (χ2n) is 9.77. The van der Waals surface area contributed by atoms with Gasteiger partial charge in [-0.25, -0.2) is 4.79 Å². The average Bonchev–Trinajstić information content (AvgIpc) is 3.22. The fraction of sp³-hybridized carbons (Fsp3) is 0.345. The first-order valence-electron chi connectivity index (χ1n) is 12.5. The van der Waals surface area contributed by atoms with Gasteiger partial charge in [-0.3, -0.25) is 29.0 Å². The summed E-state index contributed by atoms with van der Waals surface area (Å²) in [5.41, 5.74) is 1.94. The molecule has 0 unspecified atom stereocenters. The molecule has 0 N–H and O–H groups in total. The highest BCUT2D eigenvalue weighted by molar-refractivity contribution is 6.22. The number of fused-ring (bicyclic) bond motifs is 5. The molecule has 3 amide bonds. The normalized spacial score (nSPS) is 25.4. The molecular formula is C29H28N2O8. The van der Waals surface area contributed by atoms with Crippen molar-refractivity contribution in [1.29, 1.82) is 0 Å². The molecule has 0 bridgehead atoms. The van der Waals surface area contributed by atoms with Crippen molar-refractivity contribution in [1.82, 2.24) is 4.90 Å². The van der Waals surface area contributed by atoms with Gasteiger partial charge in [-0.2, -0.15) is 0 Å². The molecule has 2 heterocycles. The molecule has 1 saturated heterocycles. The Labute approximate surface area is 225 Å². The minimum atomic E-state index is -1.53. The van der Waals surface area contributed by atoms with Crippen molar-refractivity contribution in [3.8, 4) is 0 Å². The smallest absolute Gasteiger partial charge is 0.414 e. The maximum absolute atomic E-state index is 14.0. The Bertz CT molecular complexity index is 1370. The Balaban J connectivity index is 1.74. The number of rotatable bonds is 4. The Kier molecular flexibility index (Phi) is 6.71. The van der Waals surface area contributed by atoms with Crippen LogP contribution < -0.4 is 4.90 Å². The summed E-state index contributed by atoms with van der Waals surface area (Å²) in [6.45, 7) is 1.81. The van der Waals surface area contributed by atoms with Gasteiger partial charge in [0.1, 0.15) is 0 Å². The van der Waals surface area contributed by atoms with Crippen LogP contribution in [0.4, 0.5) is 10.5 Å². The van der Waals surface area contributed by atoms with Crippen LogP contribution in [0.25, 0.3) is 0 Å². The van der Waals surface area contributed by atoms with Crippen molar-refractivity contribution < 1.29 is 38.2 Å². The van der Waals surface area contributed by atoms with E-state index in [1.807, 2.05) is 6.92 Å². The third kappa shape index (κ3) is 3.89. The van der Waals surface area contributed by atoms with Crippen molar-refractivity contribution >= 4 is 35.5 Å². The van der Waals surface area contributed by atoms with Crippen LogP contribution in [0.5, 0.6) is 0 Å². The van der Waals surface area contributed by atoms with E-state index in [4.69, 9.17) is 14.2 Å². The van der Waals surface area contributed by atoms with E-state index in [-0.39, 0.29) is 11.8 Å². The molecule has 2 aromatic carbocycles. The van der Waals surface area contributed by atoms with Crippen molar-refractivity contribution in [2.75, 3.05) is 26.2 Å². The summed E-state index contributed by atoms with van der Waals surface area (Å²) >= 11 is 0. The molecule has 0 aromatic heterocycles. The quantitative estimate of drug-likeness (QED) is 0.255. The van der Waals surface area contributed by atoms with Crippen molar-refractivity contribution in [2.45, 2.75) is 18.9 Å². The van der Waals surface area contributed by atoms with Gasteiger partial charge in [0.05, 0.1) is 44.9 Å². The van der Waals surface area contributed by atoms with E-state index in [0.717, 1.165) is 14.2 Å². The third-order valence-corrected chi connectivity index (χ3v) is 7.89. The number of hydrogen-bond donors (Lipinski definition) is 0. The number of para-hydroxylation sites is 1. The van der Waals surface area contributed by atoms with Gasteiger partial charge in [0.15, 0.2) is 5.92 Å². The van der Waals surface area contributed by atoms with Gasteiger partial charge in [-0.1, -0.05) is 55.5 Å². The molecule has 5 atom stereocenters. The van der Waals surface area contributed by atoms with E-state index in [2.05, 4.69) is 0 Å². The lowest BCUT2D eigenvalue weighted by Gasteiger charge is -2.48. The summed E-state index contributed by atoms with van der Waals surface area (Å²) < 4.78 is 15.0. The SMILES string of the molecule is COC(=O)C(C(=O)OC)[C@H]1c2ccccc2[C@@H]2C(=C[C@@H](C)[C@H]3C(=O)N(c4ccccc4)C(=O)[C@H]32)N1C(=O)OC. The van der Waals surface area contributed by atoms with Crippen molar-refractivity contribution in [3.05, 3.63) is 77.5 Å². The van der Waals surface area contributed by atoms with Gasteiger partial charge >= 0.3 is 18.0 Å². The van der Waals surface area contributed by atoms with Gasteiger partial charge in [0, 0.05) is 11.6 Å². The summed E-state index contributed by atoms with van der Waals surface area (Å²) in [5.74, 6) is -6.66. The topological polar surface area (TPSA) is 120 Å². The zero-order valence-electron chi connectivity index (χ0n) is 21.9. The number of benzene rings is 2. The van der Waals surface area contributed by atoms with E-state index in [1.165, 1.54) is 16.9 Å². The maximum atomic E-state index is 14.0. The average molecular weight is 533 g/mol.